The molecule has 1 unspecified atom stereocenters. The van der Waals surface area contributed by atoms with E-state index in [-0.39, 0.29) is 29.6 Å². The molecule has 0 amide bonds. The molecule has 0 aliphatic carbocycles. The number of hydrogen-bond donors (Lipinski definition) is 1. The first-order valence-electron chi connectivity index (χ1n) is 6.14. The van der Waals surface area contributed by atoms with Crippen LogP contribution < -0.4 is 9.88 Å². The topological polar surface area (TPSA) is 93.2 Å². The molecular formula is C13H17FN2O3S. The lowest BCUT2D eigenvalue weighted by Crippen LogP contribution is -2.18. The predicted molar refractivity (Wildman–Crippen MR) is 73.0 cm³/mol. The van der Waals surface area contributed by atoms with Gasteiger partial charge in [0.15, 0.2) is 11.6 Å². The Bertz CT molecular complexity index is 596. The van der Waals surface area contributed by atoms with Crippen molar-refractivity contribution in [3.05, 3.63) is 29.6 Å². The second-order valence-electron chi connectivity index (χ2n) is 4.65. The fourth-order valence-electron chi connectivity index (χ4n) is 1.57. The van der Waals surface area contributed by atoms with Crippen molar-refractivity contribution in [3.8, 4) is 11.8 Å². The molecule has 1 rings (SSSR count). The van der Waals surface area contributed by atoms with Crippen molar-refractivity contribution in [2.24, 2.45) is 11.1 Å². The summed E-state index contributed by atoms with van der Waals surface area (Å²) in [6.07, 6.45) is 1.03. The Kier molecular flexibility index (Phi) is 5.92. The molecule has 0 aromatic heterocycles. The highest BCUT2D eigenvalue weighted by atomic mass is 32.2. The third kappa shape index (κ3) is 5.99. The van der Waals surface area contributed by atoms with Crippen LogP contribution in [0.2, 0.25) is 0 Å². The van der Waals surface area contributed by atoms with Gasteiger partial charge in [-0.1, -0.05) is 6.92 Å². The molecule has 0 saturated heterocycles. The molecular weight excluding hydrogens is 283 g/mol. The van der Waals surface area contributed by atoms with Gasteiger partial charge in [-0.25, -0.2) is 17.9 Å². The highest BCUT2D eigenvalue weighted by molar-refractivity contribution is 7.89. The number of sulfonamides is 1. The number of halogens is 1. The zero-order chi connectivity index (χ0) is 15.2. The fourth-order valence-corrected chi connectivity index (χ4v) is 2.30. The first-order chi connectivity index (χ1) is 9.31. The lowest BCUT2D eigenvalue weighted by atomic mass is 10.1. The number of primary sulfonamides is 1. The van der Waals surface area contributed by atoms with Crippen molar-refractivity contribution >= 4 is 10.0 Å². The Morgan fingerprint density at radius 2 is 2.15 bits per heavy atom. The van der Waals surface area contributed by atoms with Gasteiger partial charge in [0.2, 0.25) is 10.0 Å². The molecule has 0 aliphatic heterocycles. The second-order valence-corrected chi connectivity index (χ2v) is 6.39. The molecule has 0 heterocycles. The van der Waals surface area contributed by atoms with Crippen LogP contribution in [-0.4, -0.2) is 20.8 Å². The average molecular weight is 300 g/mol. The summed E-state index contributed by atoms with van der Waals surface area (Å²) in [6, 6.07) is 5.83. The van der Waals surface area contributed by atoms with Gasteiger partial charge in [0.05, 0.1) is 24.0 Å². The molecule has 0 radical (unpaired) electrons. The largest absolute Gasteiger partial charge is 0.491 e. The summed E-state index contributed by atoms with van der Waals surface area (Å²) in [4.78, 5) is 0. The lowest BCUT2D eigenvalue weighted by Gasteiger charge is -2.12. The normalized spacial score (nSPS) is 12.7. The van der Waals surface area contributed by atoms with Crippen LogP contribution in [0.4, 0.5) is 4.39 Å². The maximum absolute atomic E-state index is 13.5. The minimum absolute atomic E-state index is 0.0700. The van der Waals surface area contributed by atoms with Crippen LogP contribution in [0.15, 0.2) is 18.2 Å². The predicted octanol–water partition coefficient (Wildman–Crippen LogP) is 1.78. The van der Waals surface area contributed by atoms with Gasteiger partial charge in [0, 0.05) is 0 Å². The Balaban J connectivity index is 2.39. The zero-order valence-electron chi connectivity index (χ0n) is 11.2. The minimum atomic E-state index is -3.44. The molecule has 0 saturated carbocycles. The van der Waals surface area contributed by atoms with Crippen molar-refractivity contribution in [1.29, 1.82) is 5.26 Å². The number of nitrogens with zero attached hydrogens (tertiary/aromatic N) is 1. The third-order valence-corrected chi connectivity index (χ3v) is 3.63. The second kappa shape index (κ2) is 7.22. The van der Waals surface area contributed by atoms with Gasteiger partial charge in [-0.2, -0.15) is 5.26 Å². The summed E-state index contributed by atoms with van der Waals surface area (Å²) in [5.74, 6) is -0.460. The van der Waals surface area contributed by atoms with Crippen LogP contribution in [0, 0.1) is 23.1 Å². The standard InChI is InChI=1S/C13H17FN2O3S/c1-10(5-7-20(16,17)18)4-6-19-13-3-2-11(9-15)8-12(13)14/h2-3,8,10H,4-7H2,1H3,(H2,16,17,18). The van der Waals surface area contributed by atoms with E-state index in [2.05, 4.69) is 0 Å². The van der Waals surface area contributed by atoms with Gasteiger partial charge in [0.1, 0.15) is 0 Å². The van der Waals surface area contributed by atoms with Crippen LogP contribution in [0.25, 0.3) is 0 Å². The van der Waals surface area contributed by atoms with Gasteiger partial charge in [0.25, 0.3) is 0 Å². The summed E-state index contributed by atoms with van der Waals surface area (Å²) < 4.78 is 40.4. The van der Waals surface area contributed by atoms with Crippen molar-refractivity contribution in [2.75, 3.05) is 12.4 Å². The van der Waals surface area contributed by atoms with E-state index in [0.717, 1.165) is 6.07 Å². The zero-order valence-corrected chi connectivity index (χ0v) is 12.0. The molecule has 2 N–H and O–H groups in total. The molecule has 1 aromatic carbocycles. The molecule has 0 spiro atoms. The van der Waals surface area contributed by atoms with Crippen molar-refractivity contribution < 1.29 is 17.5 Å². The van der Waals surface area contributed by atoms with Gasteiger partial charge >= 0.3 is 0 Å². The van der Waals surface area contributed by atoms with E-state index in [1.807, 2.05) is 13.0 Å². The van der Waals surface area contributed by atoms with Crippen molar-refractivity contribution in [2.45, 2.75) is 19.8 Å². The van der Waals surface area contributed by atoms with Crippen molar-refractivity contribution in [1.82, 2.24) is 0 Å². The number of rotatable bonds is 7. The van der Waals surface area contributed by atoms with Gasteiger partial charge in [-0.15, -0.1) is 0 Å². The minimum Gasteiger partial charge on any atom is -0.491 e. The van der Waals surface area contributed by atoms with E-state index in [0.29, 0.717) is 12.8 Å². The Labute approximate surface area is 118 Å². The van der Waals surface area contributed by atoms with E-state index >= 15 is 0 Å². The number of benzene rings is 1. The summed E-state index contributed by atoms with van der Waals surface area (Å²) in [5.41, 5.74) is 0.233. The maximum atomic E-state index is 13.5. The lowest BCUT2D eigenvalue weighted by molar-refractivity contribution is 0.270. The molecule has 0 fully saturated rings. The van der Waals surface area contributed by atoms with E-state index < -0.39 is 15.8 Å². The van der Waals surface area contributed by atoms with E-state index in [9.17, 15) is 12.8 Å². The first-order valence-corrected chi connectivity index (χ1v) is 7.86. The number of hydrogen-bond acceptors (Lipinski definition) is 4. The Hall–Kier alpha value is -1.65. The Morgan fingerprint density at radius 3 is 2.70 bits per heavy atom. The average Bonchev–Trinajstić information content (AvgIpc) is 2.37. The molecule has 0 bridgehead atoms. The first kappa shape index (κ1) is 16.4. The Morgan fingerprint density at radius 1 is 1.45 bits per heavy atom. The summed E-state index contributed by atoms with van der Waals surface area (Å²) in [6.45, 7) is 2.15. The number of nitrogens with two attached hydrogens (primary N) is 1. The van der Waals surface area contributed by atoms with E-state index in [1.54, 1.807) is 0 Å². The molecule has 110 valence electrons. The third-order valence-electron chi connectivity index (χ3n) is 2.82. The van der Waals surface area contributed by atoms with E-state index in [1.165, 1.54) is 12.1 Å². The SMILES string of the molecule is CC(CCOc1ccc(C#N)cc1F)CCS(N)(=O)=O. The van der Waals surface area contributed by atoms with Crippen LogP contribution in [0.5, 0.6) is 5.75 Å². The summed E-state index contributed by atoms with van der Waals surface area (Å²) in [7, 11) is -3.44. The smallest absolute Gasteiger partial charge is 0.209 e. The molecule has 0 aliphatic rings. The van der Waals surface area contributed by atoms with Gasteiger partial charge < -0.3 is 4.74 Å². The monoisotopic (exact) mass is 300 g/mol. The number of nitriles is 1. The van der Waals surface area contributed by atoms with Crippen LogP contribution >= 0.6 is 0 Å². The van der Waals surface area contributed by atoms with Gasteiger partial charge in [-0.3, -0.25) is 0 Å². The maximum Gasteiger partial charge on any atom is 0.209 e. The molecule has 20 heavy (non-hydrogen) atoms. The molecule has 1 atom stereocenters. The van der Waals surface area contributed by atoms with Crippen LogP contribution in [-0.2, 0) is 10.0 Å². The quantitative estimate of drug-likeness (QED) is 0.830. The molecule has 5 nitrogen and oxygen atoms in total. The van der Waals surface area contributed by atoms with E-state index in [4.69, 9.17) is 15.1 Å². The number of ether oxygens (including phenoxy) is 1. The summed E-state index contributed by atoms with van der Waals surface area (Å²) in [5, 5.41) is 13.5. The molecule has 1 aromatic rings. The highest BCUT2D eigenvalue weighted by Gasteiger charge is 2.09. The molecule has 7 heteroatoms. The highest BCUT2D eigenvalue weighted by Crippen LogP contribution is 2.19. The van der Waals surface area contributed by atoms with Gasteiger partial charge in [-0.05, 0) is 37.0 Å². The fraction of sp³-hybridized carbons (Fsp3) is 0.462. The van der Waals surface area contributed by atoms with Crippen molar-refractivity contribution in [3.63, 3.8) is 0 Å². The summed E-state index contributed by atoms with van der Waals surface area (Å²) >= 11 is 0. The van der Waals surface area contributed by atoms with Crippen LogP contribution in [0.3, 0.4) is 0 Å². The van der Waals surface area contributed by atoms with Crippen LogP contribution in [0.1, 0.15) is 25.3 Å².